The van der Waals surface area contributed by atoms with Crippen molar-refractivity contribution in [2.75, 3.05) is 0 Å². The Labute approximate surface area is 99.1 Å². The second kappa shape index (κ2) is 5.51. The molecule has 0 spiro atoms. The highest BCUT2D eigenvalue weighted by Crippen LogP contribution is 2.41. The molecule has 92 valence electrons. The van der Waals surface area contributed by atoms with Crippen LogP contribution in [0.25, 0.3) is 0 Å². The molecule has 0 bridgehead atoms. The number of carbonyl (C=O) groups excluding carboxylic acids is 1. The van der Waals surface area contributed by atoms with E-state index in [1.807, 2.05) is 0 Å². The van der Waals surface area contributed by atoms with Crippen LogP contribution in [-0.2, 0) is 9.53 Å². The summed E-state index contributed by atoms with van der Waals surface area (Å²) in [6, 6.07) is 0. The van der Waals surface area contributed by atoms with Gasteiger partial charge in [-0.1, -0.05) is 33.3 Å². The van der Waals surface area contributed by atoms with Crippen LogP contribution < -0.4 is 0 Å². The van der Waals surface area contributed by atoms with E-state index < -0.39 is 0 Å². The largest absolute Gasteiger partial charge is 0.455 e. The van der Waals surface area contributed by atoms with Crippen molar-refractivity contribution >= 4 is 5.97 Å². The van der Waals surface area contributed by atoms with Crippen molar-refractivity contribution in [2.24, 2.45) is 5.92 Å². The van der Waals surface area contributed by atoms with Crippen LogP contribution in [0.15, 0.2) is 12.2 Å². The van der Waals surface area contributed by atoms with Crippen LogP contribution in [0.2, 0.25) is 0 Å². The smallest absolute Gasteiger partial charge is 0.333 e. The second-order valence-electron chi connectivity index (χ2n) is 4.92. The first kappa shape index (κ1) is 13.3. The van der Waals surface area contributed by atoms with Gasteiger partial charge in [-0.25, -0.2) is 4.79 Å². The summed E-state index contributed by atoms with van der Waals surface area (Å²) in [5, 5.41) is 0. The maximum atomic E-state index is 11.7. The summed E-state index contributed by atoms with van der Waals surface area (Å²) in [5.74, 6) is 0.321. The van der Waals surface area contributed by atoms with Crippen molar-refractivity contribution in [3.63, 3.8) is 0 Å². The second-order valence-corrected chi connectivity index (χ2v) is 4.92. The predicted molar refractivity (Wildman–Crippen MR) is 66.2 cm³/mol. The molecule has 0 amide bonds. The molecular weight excluding hydrogens is 200 g/mol. The van der Waals surface area contributed by atoms with E-state index >= 15 is 0 Å². The molecule has 0 aromatic heterocycles. The molecule has 0 radical (unpaired) electrons. The van der Waals surface area contributed by atoms with Gasteiger partial charge in [0.15, 0.2) is 0 Å². The number of rotatable bonds is 5. The maximum absolute atomic E-state index is 11.7. The molecule has 2 heteroatoms. The summed E-state index contributed by atoms with van der Waals surface area (Å²) in [6.07, 6.45) is 6.77. The third kappa shape index (κ3) is 2.66. The summed E-state index contributed by atoms with van der Waals surface area (Å²) >= 11 is 0. The van der Waals surface area contributed by atoms with Crippen molar-refractivity contribution in [1.82, 2.24) is 0 Å². The Morgan fingerprint density at radius 3 is 2.19 bits per heavy atom. The lowest BCUT2D eigenvalue weighted by Gasteiger charge is -2.37. The summed E-state index contributed by atoms with van der Waals surface area (Å²) in [4.78, 5) is 11.7. The van der Waals surface area contributed by atoms with Gasteiger partial charge in [0.05, 0.1) is 0 Å². The molecule has 16 heavy (non-hydrogen) atoms. The van der Waals surface area contributed by atoms with E-state index in [-0.39, 0.29) is 11.6 Å². The van der Waals surface area contributed by atoms with Gasteiger partial charge in [-0.3, -0.25) is 0 Å². The van der Waals surface area contributed by atoms with Gasteiger partial charge in [0.1, 0.15) is 5.60 Å². The fraction of sp³-hybridized carbons (Fsp3) is 0.786. The molecule has 0 aromatic carbocycles. The van der Waals surface area contributed by atoms with Crippen molar-refractivity contribution in [3.8, 4) is 0 Å². The van der Waals surface area contributed by atoms with Gasteiger partial charge in [0.25, 0.3) is 0 Å². The van der Waals surface area contributed by atoms with Gasteiger partial charge in [-0.15, -0.1) is 0 Å². The molecule has 0 aromatic rings. The molecule has 0 heterocycles. The van der Waals surface area contributed by atoms with E-state index in [2.05, 4.69) is 20.4 Å². The van der Waals surface area contributed by atoms with Gasteiger partial charge >= 0.3 is 5.97 Å². The third-order valence-electron chi connectivity index (χ3n) is 3.94. The molecule has 0 N–H and O–H groups in total. The Kier molecular flexibility index (Phi) is 4.57. The summed E-state index contributed by atoms with van der Waals surface area (Å²) in [7, 11) is 0. The number of carbonyl (C=O) groups is 1. The van der Waals surface area contributed by atoms with Crippen molar-refractivity contribution in [1.29, 1.82) is 0 Å². The van der Waals surface area contributed by atoms with Crippen LogP contribution in [0.3, 0.4) is 0 Å². The monoisotopic (exact) mass is 224 g/mol. The molecule has 1 aliphatic rings. The molecule has 1 saturated carbocycles. The van der Waals surface area contributed by atoms with Crippen LogP contribution in [0.5, 0.6) is 0 Å². The lowest BCUT2D eigenvalue weighted by Crippen LogP contribution is -2.40. The summed E-state index contributed by atoms with van der Waals surface area (Å²) in [6.45, 7) is 9.61. The first-order valence-corrected chi connectivity index (χ1v) is 6.44. The van der Waals surface area contributed by atoms with Crippen LogP contribution in [0.4, 0.5) is 0 Å². The van der Waals surface area contributed by atoms with E-state index in [1.54, 1.807) is 6.92 Å². The topological polar surface area (TPSA) is 26.3 Å². The number of esters is 1. The molecule has 1 aliphatic carbocycles. The highest BCUT2D eigenvalue weighted by Gasteiger charge is 2.40. The summed E-state index contributed by atoms with van der Waals surface area (Å²) in [5.41, 5.74) is 0.260. The molecule has 0 aliphatic heterocycles. The number of hydrogen-bond donors (Lipinski definition) is 0. The standard InChI is InChI=1S/C14H24O2/c1-5-14(6-2,12-9-7-8-10-12)16-13(15)11(3)4/h12H,3,5-10H2,1-2,4H3. The molecule has 1 fully saturated rings. The van der Waals surface area contributed by atoms with Crippen LogP contribution in [-0.4, -0.2) is 11.6 Å². The van der Waals surface area contributed by atoms with Crippen molar-refractivity contribution < 1.29 is 9.53 Å². The fourth-order valence-corrected chi connectivity index (χ4v) is 2.78. The average molecular weight is 224 g/mol. The molecule has 2 nitrogen and oxygen atoms in total. The highest BCUT2D eigenvalue weighted by molar-refractivity contribution is 5.87. The minimum atomic E-state index is -0.244. The minimum absolute atomic E-state index is 0.226. The predicted octanol–water partition coefficient (Wildman–Crippen LogP) is 3.85. The first-order chi connectivity index (χ1) is 7.55. The van der Waals surface area contributed by atoms with Gasteiger partial charge in [-0.05, 0) is 38.5 Å². The Balaban J connectivity index is 2.78. The highest BCUT2D eigenvalue weighted by atomic mass is 16.6. The van der Waals surface area contributed by atoms with Crippen LogP contribution in [0.1, 0.15) is 59.3 Å². The van der Waals surface area contributed by atoms with E-state index in [4.69, 9.17) is 4.74 Å². The van der Waals surface area contributed by atoms with Crippen molar-refractivity contribution in [3.05, 3.63) is 12.2 Å². The summed E-state index contributed by atoms with van der Waals surface area (Å²) < 4.78 is 5.74. The molecule has 0 saturated heterocycles. The SMILES string of the molecule is C=C(C)C(=O)OC(CC)(CC)C1CCCC1. The normalized spacial score (nSPS) is 17.4. The minimum Gasteiger partial charge on any atom is -0.455 e. The third-order valence-corrected chi connectivity index (χ3v) is 3.94. The van der Waals surface area contributed by atoms with Crippen molar-refractivity contribution in [2.45, 2.75) is 64.9 Å². The lowest BCUT2D eigenvalue weighted by atomic mass is 9.81. The van der Waals surface area contributed by atoms with Gasteiger partial charge < -0.3 is 4.74 Å². The number of ether oxygens (including phenoxy) is 1. The van der Waals surface area contributed by atoms with Crippen LogP contribution >= 0.6 is 0 Å². The zero-order valence-electron chi connectivity index (χ0n) is 10.8. The molecule has 0 atom stereocenters. The Hall–Kier alpha value is -0.790. The van der Waals surface area contributed by atoms with E-state index in [0.29, 0.717) is 11.5 Å². The zero-order chi connectivity index (χ0) is 12.2. The van der Waals surface area contributed by atoms with Crippen LogP contribution in [0, 0.1) is 5.92 Å². The maximum Gasteiger partial charge on any atom is 0.333 e. The number of hydrogen-bond acceptors (Lipinski definition) is 2. The Morgan fingerprint density at radius 2 is 1.81 bits per heavy atom. The molecular formula is C14H24O2. The fourth-order valence-electron chi connectivity index (χ4n) is 2.78. The lowest BCUT2D eigenvalue weighted by molar-refractivity contribution is -0.162. The van der Waals surface area contributed by atoms with E-state index in [9.17, 15) is 4.79 Å². The zero-order valence-corrected chi connectivity index (χ0v) is 10.8. The first-order valence-electron chi connectivity index (χ1n) is 6.44. The molecule has 1 rings (SSSR count). The average Bonchev–Trinajstić information content (AvgIpc) is 2.79. The quantitative estimate of drug-likeness (QED) is 0.523. The molecule has 0 unspecified atom stereocenters. The van der Waals surface area contributed by atoms with Gasteiger partial charge in [-0.2, -0.15) is 0 Å². The van der Waals surface area contributed by atoms with E-state index in [1.165, 1.54) is 25.7 Å². The Bertz CT molecular complexity index is 258. The van der Waals surface area contributed by atoms with Gasteiger partial charge in [0.2, 0.25) is 0 Å². The van der Waals surface area contributed by atoms with E-state index in [0.717, 1.165) is 12.8 Å². The van der Waals surface area contributed by atoms with Gasteiger partial charge in [0, 0.05) is 5.57 Å². The Morgan fingerprint density at radius 1 is 1.31 bits per heavy atom.